The van der Waals surface area contributed by atoms with Gasteiger partial charge in [-0.1, -0.05) is 35.3 Å². The molecule has 0 aliphatic carbocycles. The standard InChI is InChI=1S/C20H21Cl2N3O3S/c21-14-3-1-2-4-15(14)23-19(27)13-24-9-11-25(12-10-24)20(28)8-5-16(26)17-6-7-18(22)29-17/h1-4,6-7H,5,8-13H2,(H,23,27). The minimum Gasteiger partial charge on any atom is -0.340 e. The maximum atomic E-state index is 12.4. The minimum absolute atomic E-state index is 0.0406. The van der Waals surface area contributed by atoms with Crippen LogP contribution in [0.1, 0.15) is 22.5 Å². The molecular formula is C20H21Cl2N3O3S. The monoisotopic (exact) mass is 453 g/mol. The van der Waals surface area contributed by atoms with Gasteiger partial charge in [0.05, 0.1) is 26.5 Å². The molecule has 1 fully saturated rings. The number of halogens is 2. The summed E-state index contributed by atoms with van der Waals surface area (Å²) >= 11 is 13.1. The molecule has 1 aromatic heterocycles. The van der Waals surface area contributed by atoms with Crippen LogP contribution in [0.4, 0.5) is 5.69 Å². The Balaban J connectivity index is 1.39. The number of nitrogens with zero attached hydrogens (tertiary/aromatic N) is 2. The number of amides is 2. The van der Waals surface area contributed by atoms with E-state index in [0.29, 0.717) is 46.1 Å². The molecular weight excluding hydrogens is 433 g/mol. The maximum absolute atomic E-state index is 12.4. The number of anilines is 1. The Morgan fingerprint density at radius 1 is 0.966 bits per heavy atom. The van der Waals surface area contributed by atoms with E-state index in [2.05, 4.69) is 5.32 Å². The Hall–Kier alpha value is -1.93. The summed E-state index contributed by atoms with van der Waals surface area (Å²) in [4.78, 5) is 41.0. The molecule has 1 aromatic carbocycles. The van der Waals surface area contributed by atoms with Gasteiger partial charge in [-0.3, -0.25) is 19.3 Å². The van der Waals surface area contributed by atoms with Crippen LogP contribution < -0.4 is 5.32 Å². The van der Waals surface area contributed by atoms with Crippen molar-refractivity contribution in [1.29, 1.82) is 0 Å². The van der Waals surface area contributed by atoms with Gasteiger partial charge >= 0.3 is 0 Å². The number of nitrogens with one attached hydrogen (secondary N) is 1. The van der Waals surface area contributed by atoms with Crippen LogP contribution in [0.2, 0.25) is 9.36 Å². The number of rotatable bonds is 7. The summed E-state index contributed by atoms with van der Waals surface area (Å²) in [6.45, 7) is 2.53. The van der Waals surface area contributed by atoms with E-state index < -0.39 is 0 Å². The molecule has 0 saturated carbocycles. The zero-order valence-electron chi connectivity index (χ0n) is 15.7. The molecule has 0 radical (unpaired) electrons. The molecule has 9 heteroatoms. The van der Waals surface area contributed by atoms with E-state index >= 15 is 0 Å². The average Bonchev–Trinajstić information content (AvgIpc) is 3.14. The van der Waals surface area contributed by atoms with Crippen molar-refractivity contribution in [2.24, 2.45) is 0 Å². The Kier molecular flexibility index (Phi) is 7.66. The first kappa shape index (κ1) is 21.8. The van der Waals surface area contributed by atoms with E-state index in [-0.39, 0.29) is 37.0 Å². The van der Waals surface area contributed by atoms with E-state index in [4.69, 9.17) is 23.2 Å². The summed E-state index contributed by atoms with van der Waals surface area (Å²) in [6, 6.07) is 10.5. The van der Waals surface area contributed by atoms with Crippen molar-refractivity contribution < 1.29 is 14.4 Å². The SMILES string of the molecule is O=C(CN1CCN(C(=O)CCC(=O)c2ccc(Cl)s2)CC1)Nc1ccccc1Cl. The van der Waals surface area contributed by atoms with E-state index in [1.807, 2.05) is 11.0 Å². The second-order valence-electron chi connectivity index (χ2n) is 6.71. The van der Waals surface area contributed by atoms with Crippen LogP contribution in [0, 0.1) is 0 Å². The van der Waals surface area contributed by atoms with Gasteiger partial charge in [-0.2, -0.15) is 0 Å². The van der Waals surface area contributed by atoms with Crippen LogP contribution >= 0.6 is 34.5 Å². The van der Waals surface area contributed by atoms with Gasteiger partial charge in [-0.05, 0) is 24.3 Å². The summed E-state index contributed by atoms with van der Waals surface area (Å²) in [5, 5.41) is 3.30. The fourth-order valence-electron chi connectivity index (χ4n) is 3.08. The summed E-state index contributed by atoms with van der Waals surface area (Å²) in [7, 11) is 0. The molecule has 1 N–H and O–H groups in total. The Labute approximate surface area is 183 Å². The summed E-state index contributed by atoms with van der Waals surface area (Å²) in [5.74, 6) is -0.246. The van der Waals surface area contributed by atoms with Crippen molar-refractivity contribution in [2.75, 3.05) is 38.0 Å². The third-order valence-electron chi connectivity index (χ3n) is 4.65. The highest BCUT2D eigenvalue weighted by molar-refractivity contribution is 7.18. The van der Waals surface area contributed by atoms with Crippen LogP contribution in [-0.2, 0) is 9.59 Å². The van der Waals surface area contributed by atoms with Crippen LogP contribution in [-0.4, -0.2) is 60.1 Å². The van der Waals surface area contributed by atoms with Gasteiger partial charge in [-0.15, -0.1) is 11.3 Å². The summed E-state index contributed by atoms with van der Waals surface area (Å²) in [6.07, 6.45) is 0.359. The predicted octanol–water partition coefficient (Wildman–Crippen LogP) is 3.80. The molecule has 0 bridgehead atoms. The molecule has 2 aromatic rings. The highest BCUT2D eigenvalue weighted by Gasteiger charge is 2.23. The number of ketones is 1. The normalized spacial score (nSPS) is 14.6. The first-order chi connectivity index (χ1) is 13.9. The highest BCUT2D eigenvalue weighted by Crippen LogP contribution is 2.23. The average molecular weight is 454 g/mol. The topological polar surface area (TPSA) is 69.7 Å². The molecule has 3 rings (SSSR count). The zero-order valence-corrected chi connectivity index (χ0v) is 18.0. The molecule has 2 heterocycles. The second-order valence-corrected chi connectivity index (χ2v) is 8.83. The Bertz CT molecular complexity index is 895. The molecule has 1 aliphatic rings. The van der Waals surface area contributed by atoms with Crippen molar-refractivity contribution in [2.45, 2.75) is 12.8 Å². The number of hydrogen-bond acceptors (Lipinski definition) is 5. The second kappa shape index (κ2) is 10.2. The van der Waals surface area contributed by atoms with Crippen LogP contribution in [0.25, 0.3) is 0 Å². The van der Waals surface area contributed by atoms with Gasteiger partial charge in [0.2, 0.25) is 11.8 Å². The lowest BCUT2D eigenvalue weighted by atomic mass is 10.1. The van der Waals surface area contributed by atoms with E-state index in [1.165, 1.54) is 11.3 Å². The number of carbonyl (C=O) groups is 3. The minimum atomic E-state index is -0.141. The summed E-state index contributed by atoms with van der Waals surface area (Å²) < 4.78 is 0.564. The Morgan fingerprint density at radius 2 is 1.69 bits per heavy atom. The summed E-state index contributed by atoms with van der Waals surface area (Å²) in [5.41, 5.74) is 0.588. The lowest BCUT2D eigenvalue weighted by molar-refractivity contribution is -0.133. The lowest BCUT2D eigenvalue weighted by Crippen LogP contribution is -2.50. The Morgan fingerprint density at radius 3 is 2.34 bits per heavy atom. The largest absolute Gasteiger partial charge is 0.340 e. The predicted molar refractivity (Wildman–Crippen MR) is 116 cm³/mol. The molecule has 0 unspecified atom stereocenters. The van der Waals surface area contributed by atoms with Crippen molar-refractivity contribution in [3.8, 4) is 0 Å². The number of piperazine rings is 1. The smallest absolute Gasteiger partial charge is 0.238 e. The first-order valence-corrected chi connectivity index (χ1v) is 10.8. The third kappa shape index (κ3) is 6.27. The van der Waals surface area contributed by atoms with Gasteiger partial charge in [0, 0.05) is 39.0 Å². The van der Waals surface area contributed by atoms with Gasteiger partial charge in [0.1, 0.15) is 0 Å². The molecule has 0 spiro atoms. The van der Waals surface area contributed by atoms with Gasteiger partial charge in [0.15, 0.2) is 5.78 Å². The quantitative estimate of drug-likeness (QED) is 0.647. The number of carbonyl (C=O) groups excluding carboxylic acids is 3. The van der Waals surface area contributed by atoms with Crippen LogP contribution in [0.5, 0.6) is 0 Å². The van der Waals surface area contributed by atoms with E-state index in [1.54, 1.807) is 35.2 Å². The van der Waals surface area contributed by atoms with Crippen LogP contribution in [0.15, 0.2) is 36.4 Å². The fourth-order valence-corrected chi connectivity index (χ4v) is 4.27. The number of thiophene rings is 1. The first-order valence-electron chi connectivity index (χ1n) is 9.25. The molecule has 0 atom stereocenters. The maximum Gasteiger partial charge on any atom is 0.238 e. The molecule has 1 saturated heterocycles. The highest BCUT2D eigenvalue weighted by atomic mass is 35.5. The number of para-hydroxylation sites is 1. The molecule has 2 amide bonds. The molecule has 154 valence electrons. The number of Topliss-reactive ketones (excluding diaryl/α,β-unsaturated/α-hetero) is 1. The fraction of sp³-hybridized carbons (Fsp3) is 0.350. The van der Waals surface area contributed by atoms with Gasteiger partial charge < -0.3 is 10.2 Å². The van der Waals surface area contributed by atoms with Crippen molar-refractivity contribution in [3.05, 3.63) is 50.6 Å². The van der Waals surface area contributed by atoms with Gasteiger partial charge in [0.25, 0.3) is 0 Å². The lowest BCUT2D eigenvalue weighted by Gasteiger charge is -2.34. The van der Waals surface area contributed by atoms with Crippen molar-refractivity contribution >= 4 is 57.8 Å². The van der Waals surface area contributed by atoms with Crippen molar-refractivity contribution in [1.82, 2.24) is 9.80 Å². The van der Waals surface area contributed by atoms with Gasteiger partial charge in [-0.25, -0.2) is 0 Å². The van der Waals surface area contributed by atoms with E-state index in [9.17, 15) is 14.4 Å². The third-order valence-corrected chi connectivity index (χ3v) is 6.26. The number of hydrogen-bond donors (Lipinski definition) is 1. The molecule has 1 aliphatic heterocycles. The molecule has 29 heavy (non-hydrogen) atoms. The number of benzene rings is 1. The van der Waals surface area contributed by atoms with Crippen LogP contribution in [0.3, 0.4) is 0 Å². The molecule has 6 nitrogen and oxygen atoms in total. The van der Waals surface area contributed by atoms with E-state index in [0.717, 1.165) is 0 Å². The zero-order chi connectivity index (χ0) is 20.8. The van der Waals surface area contributed by atoms with Crippen molar-refractivity contribution in [3.63, 3.8) is 0 Å².